The highest BCUT2D eigenvalue weighted by Gasteiger charge is 2.30. The first-order chi connectivity index (χ1) is 17.1. The van der Waals surface area contributed by atoms with Gasteiger partial charge in [-0.05, 0) is 56.8 Å². The van der Waals surface area contributed by atoms with Crippen molar-refractivity contribution in [1.82, 2.24) is 19.9 Å². The summed E-state index contributed by atoms with van der Waals surface area (Å²) in [5.74, 6) is 0.867. The van der Waals surface area contributed by atoms with Crippen molar-refractivity contribution in [2.75, 3.05) is 26.3 Å². The highest BCUT2D eigenvalue weighted by molar-refractivity contribution is 7.18. The van der Waals surface area contributed by atoms with Gasteiger partial charge in [0.1, 0.15) is 16.4 Å². The smallest absolute Gasteiger partial charge is 0.121 e. The predicted octanol–water partition coefficient (Wildman–Crippen LogP) is 6.19. The Morgan fingerprint density at radius 2 is 1.91 bits per heavy atom. The van der Waals surface area contributed by atoms with Crippen LogP contribution in [0.25, 0.3) is 32.5 Å². The first-order valence-corrected chi connectivity index (χ1v) is 13.6. The van der Waals surface area contributed by atoms with Gasteiger partial charge < -0.3 is 14.6 Å². The summed E-state index contributed by atoms with van der Waals surface area (Å²) in [5, 5.41) is 11.8. The maximum atomic E-state index is 9.55. The lowest BCUT2D eigenvalue weighted by Gasteiger charge is -2.38. The molecule has 3 aromatic heterocycles. The average Bonchev–Trinajstić information content (AvgIpc) is 3.47. The van der Waals surface area contributed by atoms with Gasteiger partial charge in [0.25, 0.3) is 0 Å². The van der Waals surface area contributed by atoms with Crippen molar-refractivity contribution in [3.63, 3.8) is 0 Å². The maximum absolute atomic E-state index is 9.55. The number of piperidine rings is 1. The van der Waals surface area contributed by atoms with Gasteiger partial charge in [-0.1, -0.05) is 26.0 Å². The van der Waals surface area contributed by atoms with Crippen molar-refractivity contribution in [2.45, 2.75) is 57.4 Å². The molecule has 0 aliphatic carbocycles. The molecule has 4 aromatic rings. The fourth-order valence-electron chi connectivity index (χ4n) is 5.90. The standard InChI is InChI=1S/C28H31N5OS/c1-17(2)23-25(22-6-5-19(16-29)24-21(22)4-3-11-30-24)31-28-26(23)32-27(35-28)18-7-12-33(13-8-18)20-9-14-34-15-10-20/h3-6,11,17-18,20,31H,7-10,12-15H2,1-2H3. The van der Waals surface area contributed by atoms with E-state index >= 15 is 0 Å². The summed E-state index contributed by atoms with van der Waals surface area (Å²) < 4.78 is 5.56. The molecule has 180 valence electrons. The van der Waals surface area contributed by atoms with Gasteiger partial charge in [0, 0.05) is 47.9 Å². The summed E-state index contributed by atoms with van der Waals surface area (Å²) >= 11 is 1.83. The van der Waals surface area contributed by atoms with E-state index in [-0.39, 0.29) is 0 Å². The second kappa shape index (κ2) is 9.34. The largest absolute Gasteiger partial charge is 0.381 e. The number of pyridine rings is 1. The minimum absolute atomic E-state index is 0.325. The zero-order valence-corrected chi connectivity index (χ0v) is 21.2. The van der Waals surface area contributed by atoms with Gasteiger partial charge in [-0.25, -0.2) is 4.98 Å². The van der Waals surface area contributed by atoms with Gasteiger partial charge in [-0.15, -0.1) is 11.3 Å². The lowest BCUT2D eigenvalue weighted by Crippen LogP contribution is -2.43. The van der Waals surface area contributed by atoms with Crippen LogP contribution in [0.5, 0.6) is 0 Å². The van der Waals surface area contributed by atoms with Gasteiger partial charge in [0.15, 0.2) is 0 Å². The minimum Gasteiger partial charge on any atom is -0.381 e. The number of nitriles is 1. The molecule has 2 aliphatic heterocycles. The number of aromatic amines is 1. The van der Waals surface area contributed by atoms with Crippen LogP contribution in [0.2, 0.25) is 0 Å². The number of rotatable bonds is 4. The maximum Gasteiger partial charge on any atom is 0.121 e. The molecule has 2 saturated heterocycles. The number of benzene rings is 1. The highest BCUT2D eigenvalue weighted by Crippen LogP contribution is 2.42. The van der Waals surface area contributed by atoms with Crippen molar-refractivity contribution >= 4 is 32.6 Å². The van der Waals surface area contributed by atoms with E-state index in [0.29, 0.717) is 23.4 Å². The molecule has 6 rings (SSSR count). The summed E-state index contributed by atoms with van der Waals surface area (Å²) in [6.45, 7) is 8.62. The molecule has 5 heterocycles. The van der Waals surface area contributed by atoms with Gasteiger partial charge >= 0.3 is 0 Å². The van der Waals surface area contributed by atoms with Crippen LogP contribution in [-0.4, -0.2) is 52.2 Å². The second-order valence-corrected chi connectivity index (χ2v) is 11.2. The summed E-state index contributed by atoms with van der Waals surface area (Å²) in [7, 11) is 0. The van der Waals surface area contributed by atoms with Crippen LogP contribution in [0.4, 0.5) is 0 Å². The molecule has 6 nitrogen and oxygen atoms in total. The monoisotopic (exact) mass is 485 g/mol. The molecule has 0 bridgehead atoms. The SMILES string of the molecule is CC(C)c1c(-c2ccc(C#N)c3ncccc23)[nH]c2sc(C3CCN(C4CCOCC4)CC3)nc12. The third-order valence-corrected chi connectivity index (χ3v) is 8.86. The molecule has 1 aromatic carbocycles. The van der Waals surface area contributed by atoms with Crippen molar-refractivity contribution < 1.29 is 4.74 Å². The number of thiazole rings is 1. The number of hydrogen-bond donors (Lipinski definition) is 1. The average molecular weight is 486 g/mol. The lowest BCUT2D eigenvalue weighted by atomic mass is 9.94. The zero-order valence-electron chi connectivity index (χ0n) is 20.4. The van der Waals surface area contributed by atoms with Crippen molar-refractivity contribution in [3.8, 4) is 17.3 Å². The van der Waals surface area contributed by atoms with E-state index in [9.17, 15) is 5.26 Å². The number of H-pyrrole nitrogens is 1. The molecule has 0 saturated carbocycles. The van der Waals surface area contributed by atoms with Crippen molar-refractivity contribution in [2.24, 2.45) is 0 Å². The van der Waals surface area contributed by atoms with Crippen LogP contribution < -0.4 is 0 Å². The molecular formula is C28H31N5OS. The summed E-state index contributed by atoms with van der Waals surface area (Å²) in [6, 6.07) is 10.9. The van der Waals surface area contributed by atoms with Crippen LogP contribution in [0, 0.1) is 11.3 Å². The normalized spacial score (nSPS) is 18.6. The van der Waals surface area contributed by atoms with E-state index in [1.54, 1.807) is 6.20 Å². The van der Waals surface area contributed by atoms with Crippen LogP contribution >= 0.6 is 11.3 Å². The fraction of sp³-hybridized carbons (Fsp3) is 0.464. The van der Waals surface area contributed by atoms with Crippen LogP contribution in [0.15, 0.2) is 30.5 Å². The molecule has 0 atom stereocenters. The number of aromatic nitrogens is 3. The van der Waals surface area contributed by atoms with Crippen molar-refractivity contribution in [1.29, 1.82) is 5.26 Å². The first kappa shape index (κ1) is 22.7. The number of nitrogens with zero attached hydrogens (tertiary/aromatic N) is 4. The van der Waals surface area contributed by atoms with Gasteiger partial charge in [-0.3, -0.25) is 4.98 Å². The molecule has 0 radical (unpaired) electrons. The Hall–Kier alpha value is -2.79. The van der Waals surface area contributed by atoms with E-state index in [1.807, 2.05) is 23.5 Å². The Kier molecular flexibility index (Phi) is 6.05. The van der Waals surface area contributed by atoms with Crippen LogP contribution in [0.3, 0.4) is 0 Å². The van der Waals surface area contributed by atoms with E-state index in [2.05, 4.69) is 46.9 Å². The van der Waals surface area contributed by atoms with Gasteiger partial charge in [-0.2, -0.15) is 5.26 Å². The molecule has 2 aliphatic rings. The number of ether oxygens (including phenoxy) is 1. The minimum atomic E-state index is 0.325. The molecule has 2 fully saturated rings. The third-order valence-electron chi connectivity index (χ3n) is 7.73. The number of hydrogen-bond acceptors (Lipinski definition) is 6. The topological polar surface area (TPSA) is 77.8 Å². The highest BCUT2D eigenvalue weighted by atomic mass is 32.1. The molecule has 1 N–H and O–H groups in total. The Morgan fingerprint density at radius 3 is 2.66 bits per heavy atom. The van der Waals surface area contributed by atoms with E-state index < -0.39 is 0 Å². The molecule has 35 heavy (non-hydrogen) atoms. The molecule has 0 unspecified atom stereocenters. The fourth-order valence-corrected chi connectivity index (χ4v) is 7.05. The number of likely N-dealkylation sites (tertiary alicyclic amines) is 1. The molecule has 0 spiro atoms. The predicted molar refractivity (Wildman–Crippen MR) is 141 cm³/mol. The lowest BCUT2D eigenvalue weighted by molar-refractivity contribution is 0.0252. The van der Waals surface area contributed by atoms with E-state index in [4.69, 9.17) is 9.72 Å². The Balaban J connectivity index is 1.32. The second-order valence-electron chi connectivity index (χ2n) is 10.1. The number of fused-ring (bicyclic) bond motifs is 2. The number of nitrogens with one attached hydrogen (secondary N) is 1. The summed E-state index contributed by atoms with van der Waals surface area (Å²) in [5.41, 5.74) is 5.94. The molecule has 7 heteroatoms. The molecular weight excluding hydrogens is 454 g/mol. The summed E-state index contributed by atoms with van der Waals surface area (Å²) in [4.78, 5) is 17.3. The van der Waals surface area contributed by atoms with Crippen molar-refractivity contribution in [3.05, 3.63) is 46.6 Å². The van der Waals surface area contributed by atoms with E-state index in [0.717, 1.165) is 58.8 Å². The van der Waals surface area contributed by atoms with Crippen LogP contribution in [-0.2, 0) is 4.74 Å². The van der Waals surface area contributed by atoms with Gasteiger partial charge in [0.05, 0.1) is 21.8 Å². The Bertz CT molecular complexity index is 1400. The van der Waals surface area contributed by atoms with E-state index in [1.165, 1.54) is 36.3 Å². The Labute approximate surface area is 210 Å². The molecule has 0 amide bonds. The zero-order chi connectivity index (χ0) is 23.9. The third kappa shape index (κ3) is 4.04. The Morgan fingerprint density at radius 1 is 1.11 bits per heavy atom. The van der Waals surface area contributed by atoms with Gasteiger partial charge in [0.2, 0.25) is 0 Å². The van der Waals surface area contributed by atoms with Crippen LogP contribution in [0.1, 0.15) is 67.5 Å². The first-order valence-electron chi connectivity index (χ1n) is 12.8. The quantitative estimate of drug-likeness (QED) is 0.373. The summed E-state index contributed by atoms with van der Waals surface area (Å²) in [6.07, 6.45) is 6.47.